The predicted octanol–water partition coefficient (Wildman–Crippen LogP) is 2.25. The van der Waals surface area contributed by atoms with Crippen LogP contribution in [0.25, 0.3) is 0 Å². The number of terminal acetylenes is 1. The van der Waals surface area contributed by atoms with E-state index in [0.717, 1.165) is 19.3 Å². The molecule has 0 aliphatic carbocycles. The zero-order chi connectivity index (χ0) is 14.0. The van der Waals surface area contributed by atoms with E-state index in [1.165, 1.54) is 6.08 Å². The molecule has 1 N–H and O–H groups in total. The molecule has 0 aromatic rings. The smallest absolute Gasteiger partial charge is 0.320 e. The van der Waals surface area contributed by atoms with Crippen molar-refractivity contribution in [1.29, 1.82) is 0 Å². The molecule has 0 saturated carbocycles. The highest BCUT2D eigenvalue weighted by Crippen LogP contribution is 2.11. The quantitative estimate of drug-likeness (QED) is 0.296. The highest BCUT2D eigenvalue weighted by molar-refractivity contribution is 5.94. The summed E-state index contributed by atoms with van der Waals surface area (Å²) < 4.78 is 4.96. The van der Waals surface area contributed by atoms with Crippen molar-refractivity contribution in [3.63, 3.8) is 0 Å². The first kappa shape index (κ1) is 16.2. The van der Waals surface area contributed by atoms with E-state index in [1.54, 1.807) is 0 Å². The number of esters is 1. The maximum Gasteiger partial charge on any atom is 0.320 e. The topological polar surface area (TPSA) is 63.6 Å². The molecule has 100 valence electrons. The Kier molecular flexibility index (Phi) is 8.38. The second-order valence-corrected chi connectivity index (χ2v) is 4.05. The van der Waals surface area contributed by atoms with E-state index >= 15 is 0 Å². The van der Waals surface area contributed by atoms with Gasteiger partial charge in [0.15, 0.2) is 5.92 Å². The molecule has 0 aliphatic heterocycles. The van der Waals surface area contributed by atoms with Gasteiger partial charge < -0.3 is 9.84 Å². The van der Waals surface area contributed by atoms with E-state index in [9.17, 15) is 9.59 Å². The summed E-state index contributed by atoms with van der Waals surface area (Å²) in [5.74, 6) is -0.740. The standard InChI is InChI=1S/C14H20O4/c1-4-7-9-11(6-3)10-18-14(17)12(8-5-2)13(15)16/h3,5,11-12H,2,4,7-10H2,1H3,(H,15,16). The minimum Gasteiger partial charge on any atom is -0.481 e. The van der Waals surface area contributed by atoms with Gasteiger partial charge in [0.05, 0.1) is 5.92 Å². The Labute approximate surface area is 108 Å². The molecule has 4 heteroatoms. The summed E-state index contributed by atoms with van der Waals surface area (Å²) >= 11 is 0. The number of carboxylic acid groups (broad SMARTS) is 1. The average Bonchev–Trinajstić information content (AvgIpc) is 2.35. The lowest BCUT2D eigenvalue weighted by atomic mass is 10.0. The van der Waals surface area contributed by atoms with Gasteiger partial charge >= 0.3 is 11.9 Å². The van der Waals surface area contributed by atoms with Crippen molar-refractivity contribution in [3.8, 4) is 12.3 Å². The van der Waals surface area contributed by atoms with Gasteiger partial charge in [-0.15, -0.1) is 13.0 Å². The zero-order valence-corrected chi connectivity index (χ0v) is 10.7. The summed E-state index contributed by atoms with van der Waals surface area (Å²) in [6.45, 7) is 5.54. The van der Waals surface area contributed by atoms with E-state index < -0.39 is 17.9 Å². The van der Waals surface area contributed by atoms with Crippen LogP contribution in [-0.2, 0) is 14.3 Å². The van der Waals surface area contributed by atoms with E-state index in [1.807, 2.05) is 6.92 Å². The second-order valence-electron chi connectivity index (χ2n) is 4.05. The van der Waals surface area contributed by atoms with Crippen molar-refractivity contribution >= 4 is 11.9 Å². The number of aliphatic carboxylic acids is 1. The summed E-state index contributed by atoms with van der Waals surface area (Å²) in [4.78, 5) is 22.4. The van der Waals surface area contributed by atoms with Crippen LogP contribution in [0.15, 0.2) is 12.7 Å². The van der Waals surface area contributed by atoms with Gasteiger partial charge in [-0.25, -0.2) is 0 Å². The first-order chi connectivity index (χ1) is 8.56. The molecule has 18 heavy (non-hydrogen) atoms. The van der Waals surface area contributed by atoms with E-state index in [4.69, 9.17) is 16.3 Å². The molecule has 0 aromatic carbocycles. The molecule has 0 fully saturated rings. The van der Waals surface area contributed by atoms with Crippen LogP contribution in [0.3, 0.4) is 0 Å². The molecule has 0 aliphatic rings. The molecule has 2 unspecified atom stereocenters. The number of allylic oxidation sites excluding steroid dienone is 1. The number of rotatable bonds is 9. The monoisotopic (exact) mass is 252 g/mol. The Balaban J connectivity index is 4.24. The van der Waals surface area contributed by atoms with E-state index in [2.05, 4.69) is 12.5 Å². The van der Waals surface area contributed by atoms with Crippen molar-refractivity contribution < 1.29 is 19.4 Å². The van der Waals surface area contributed by atoms with Crippen LogP contribution in [0.2, 0.25) is 0 Å². The first-order valence-corrected chi connectivity index (χ1v) is 6.03. The van der Waals surface area contributed by atoms with Crippen LogP contribution in [0.1, 0.15) is 32.6 Å². The fourth-order valence-corrected chi connectivity index (χ4v) is 1.41. The molecule has 0 amide bonds. The molecule has 0 radical (unpaired) electrons. The van der Waals surface area contributed by atoms with Crippen molar-refractivity contribution in [3.05, 3.63) is 12.7 Å². The Morgan fingerprint density at radius 1 is 1.56 bits per heavy atom. The molecular formula is C14H20O4. The number of carboxylic acids is 1. The third-order valence-electron chi connectivity index (χ3n) is 2.55. The van der Waals surface area contributed by atoms with Crippen molar-refractivity contribution in [1.82, 2.24) is 0 Å². The van der Waals surface area contributed by atoms with Gasteiger partial charge in [-0.2, -0.15) is 0 Å². The predicted molar refractivity (Wildman–Crippen MR) is 68.7 cm³/mol. The SMILES string of the molecule is C#CC(CCCC)COC(=O)C(CC=C)C(=O)O. The third-order valence-corrected chi connectivity index (χ3v) is 2.55. The maximum absolute atomic E-state index is 11.5. The number of unbranched alkanes of at least 4 members (excludes halogenated alkanes) is 1. The molecule has 4 nitrogen and oxygen atoms in total. The fourth-order valence-electron chi connectivity index (χ4n) is 1.41. The van der Waals surface area contributed by atoms with Crippen LogP contribution in [0.4, 0.5) is 0 Å². The van der Waals surface area contributed by atoms with Crippen LogP contribution in [0.5, 0.6) is 0 Å². The summed E-state index contributed by atoms with van der Waals surface area (Å²) in [6.07, 6.45) is 9.52. The van der Waals surface area contributed by atoms with E-state index in [0.29, 0.717) is 0 Å². The largest absolute Gasteiger partial charge is 0.481 e. The minimum absolute atomic E-state index is 0.0594. The number of hydrogen-bond donors (Lipinski definition) is 1. The highest BCUT2D eigenvalue weighted by atomic mass is 16.5. The minimum atomic E-state index is -1.20. The summed E-state index contributed by atoms with van der Waals surface area (Å²) in [6, 6.07) is 0. The van der Waals surface area contributed by atoms with Crippen molar-refractivity contribution in [2.75, 3.05) is 6.61 Å². The molecular weight excluding hydrogens is 232 g/mol. The van der Waals surface area contributed by atoms with Gasteiger partial charge in [0.2, 0.25) is 0 Å². The highest BCUT2D eigenvalue weighted by Gasteiger charge is 2.26. The van der Waals surface area contributed by atoms with Gasteiger partial charge in [-0.1, -0.05) is 31.8 Å². The fraction of sp³-hybridized carbons (Fsp3) is 0.571. The van der Waals surface area contributed by atoms with Crippen LogP contribution < -0.4 is 0 Å². The summed E-state index contributed by atoms with van der Waals surface area (Å²) in [7, 11) is 0. The third kappa shape index (κ3) is 6.09. The van der Waals surface area contributed by atoms with Gasteiger partial charge in [0, 0.05) is 0 Å². The number of carbonyl (C=O) groups is 2. The van der Waals surface area contributed by atoms with Crippen molar-refractivity contribution in [2.24, 2.45) is 11.8 Å². The van der Waals surface area contributed by atoms with Gasteiger partial charge in [0.25, 0.3) is 0 Å². The average molecular weight is 252 g/mol. The molecule has 0 heterocycles. The van der Waals surface area contributed by atoms with Gasteiger partial charge in [-0.05, 0) is 12.8 Å². The van der Waals surface area contributed by atoms with E-state index in [-0.39, 0.29) is 18.9 Å². The first-order valence-electron chi connectivity index (χ1n) is 6.03. The Morgan fingerprint density at radius 3 is 2.67 bits per heavy atom. The van der Waals surface area contributed by atoms with Crippen molar-refractivity contribution in [2.45, 2.75) is 32.6 Å². The lowest BCUT2D eigenvalue weighted by Crippen LogP contribution is -2.27. The molecule has 0 bridgehead atoms. The number of hydrogen-bond acceptors (Lipinski definition) is 3. The van der Waals surface area contributed by atoms with Gasteiger partial charge in [-0.3, -0.25) is 9.59 Å². The second kappa shape index (κ2) is 9.29. The lowest BCUT2D eigenvalue weighted by molar-refractivity contribution is -0.159. The zero-order valence-electron chi connectivity index (χ0n) is 10.7. The molecule has 0 aromatic heterocycles. The van der Waals surface area contributed by atoms with Crippen LogP contribution >= 0.6 is 0 Å². The Hall–Kier alpha value is -1.76. The van der Waals surface area contributed by atoms with Gasteiger partial charge in [0.1, 0.15) is 6.61 Å². The molecule has 0 saturated heterocycles. The Bertz CT molecular complexity index is 327. The maximum atomic E-state index is 11.5. The number of ether oxygens (including phenoxy) is 1. The lowest BCUT2D eigenvalue weighted by Gasteiger charge is -2.13. The molecule has 2 atom stereocenters. The number of carbonyl (C=O) groups excluding carboxylic acids is 1. The molecule has 0 spiro atoms. The summed E-state index contributed by atoms with van der Waals surface area (Å²) in [5.41, 5.74) is 0. The molecule has 0 rings (SSSR count). The van der Waals surface area contributed by atoms with Crippen LogP contribution in [0, 0.1) is 24.2 Å². The Morgan fingerprint density at radius 2 is 2.22 bits per heavy atom. The van der Waals surface area contributed by atoms with Crippen LogP contribution in [-0.4, -0.2) is 23.7 Å². The normalized spacial score (nSPS) is 13.1. The summed E-state index contributed by atoms with van der Waals surface area (Å²) in [5, 5.41) is 8.85.